The van der Waals surface area contributed by atoms with Crippen molar-refractivity contribution < 1.29 is 0 Å². The summed E-state index contributed by atoms with van der Waals surface area (Å²) in [7, 11) is -0.502. The zero-order chi connectivity index (χ0) is 30.2. The van der Waals surface area contributed by atoms with Gasteiger partial charge in [0.1, 0.15) is 0 Å². The summed E-state index contributed by atoms with van der Waals surface area (Å²) in [5.74, 6) is 0. The maximum Gasteiger partial charge on any atom is 0.0629 e. The minimum Gasteiger partial charge on any atom is -0.258 e. The van der Waals surface area contributed by atoms with Gasteiger partial charge in [0.15, 0.2) is 0 Å². The van der Waals surface area contributed by atoms with E-state index >= 15 is 0 Å². The SMILES string of the molecule is CC1(C)CC(=Nc2ccccc2)CC(C)(C)P1Cc1ccccc1CP1C(C)(C)CC(=Nc2ccccc2)CC1(C)C. The summed E-state index contributed by atoms with van der Waals surface area (Å²) in [6.07, 6.45) is 6.78. The molecular weight excluding hydrogens is 546 g/mol. The molecule has 5 rings (SSSR count). The number of para-hydroxylation sites is 2. The van der Waals surface area contributed by atoms with Crippen molar-refractivity contribution in [3.8, 4) is 0 Å². The molecule has 3 aromatic rings. The van der Waals surface area contributed by atoms with Crippen LogP contribution in [0.4, 0.5) is 11.4 Å². The molecule has 0 aliphatic carbocycles. The van der Waals surface area contributed by atoms with Crippen LogP contribution in [0.1, 0.15) is 92.2 Å². The first-order chi connectivity index (χ1) is 19.8. The topological polar surface area (TPSA) is 24.7 Å². The van der Waals surface area contributed by atoms with Gasteiger partial charge in [-0.15, -0.1) is 0 Å². The van der Waals surface area contributed by atoms with E-state index in [0.29, 0.717) is 0 Å². The molecule has 2 aliphatic rings. The van der Waals surface area contributed by atoms with Gasteiger partial charge in [-0.1, -0.05) is 132 Å². The summed E-state index contributed by atoms with van der Waals surface area (Å²) in [5.41, 5.74) is 8.09. The van der Waals surface area contributed by atoms with Gasteiger partial charge in [-0.3, -0.25) is 9.98 Å². The molecule has 0 unspecified atom stereocenters. The Bertz CT molecular complexity index is 1280. The molecular formula is C38H50N2P2. The van der Waals surface area contributed by atoms with Crippen molar-refractivity contribution in [3.05, 3.63) is 96.1 Å². The predicted molar refractivity (Wildman–Crippen MR) is 190 cm³/mol. The highest BCUT2D eigenvalue weighted by Crippen LogP contribution is 2.69. The summed E-state index contributed by atoms with van der Waals surface area (Å²) in [5, 5.41) is 0.981. The summed E-state index contributed by atoms with van der Waals surface area (Å²) < 4.78 is 0. The highest BCUT2D eigenvalue weighted by atomic mass is 31.1. The number of rotatable bonds is 6. The van der Waals surface area contributed by atoms with Crippen molar-refractivity contribution in [2.24, 2.45) is 9.98 Å². The summed E-state index contributed by atoms with van der Waals surface area (Å²) in [6.45, 7) is 20.1. The number of nitrogens with zero attached hydrogens (tertiary/aromatic N) is 2. The van der Waals surface area contributed by atoms with Gasteiger partial charge < -0.3 is 0 Å². The van der Waals surface area contributed by atoms with Gasteiger partial charge in [-0.05, 0) is 94.0 Å². The maximum atomic E-state index is 5.13. The van der Waals surface area contributed by atoms with Gasteiger partial charge in [0, 0.05) is 11.4 Å². The average Bonchev–Trinajstić information content (AvgIpc) is 2.89. The molecule has 0 radical (unpaired) electrons. The van der Waals surface area contributed by atoms with Gasteiger partial charge in [-0.2, -0.15) is 0 Å². The van der Waals surface area contributed by atoms with Crippen LogP contribution in [0.5, 0.6) is 0 Å². The molecule has 0 aromatic heterocycles. The van der Waals surface area contributed by atoms with Crippen LogP contribution in [0.3, 0.4) is 0 Å². The fraction of sp³-hybridized carbons (Fsp3) is 0.474. The highest BCUT2D eigenvalue weighted by Gasteiger charge is 2.47. The Kier molecular flexibility index (Phi) is 9.01. The molecule has 0 amide bonds. The Hall–Kier alpha value is -2.14. The lowest BCUT2D eigenvalue weighted by atomic mass is 9.95. The van der Waals surface area contributed by atoms with E-state index in [1.54, 1.807) is 11.1 Å². The molecule has 0 spiro atoms. The molecule has 0 atom stereocenters. The van der Waals surface area contributed by atoms with E-state index < -0.39 is 0 Å². The van der Waals surface area contributed by atoms with Crippen LogP contribution < -0.4 is 0 Å². The first-order valence-corrected chi connectivity index (χ1v) is 18.7. The maximum absolute atomic E-state index is 5.13. The molecule has 42 heavy (non-hydrogen) atoms. The van der Waals surface area contributed by atoms with E-state index in [1.807, 2.05) is 0 Å². The molecule has 2 nitrogen and oxygen atoms in total. The largest absolute Gasteiger partial charge is 0.258 e. The highest BCUT2D eigenvalue weighted by molar-refractivity contribution is 7.61. The van der Waals surface area contributed by atoms with Crippen molar-refractivity contribution >= 4 is 38.6 Å². The second-order valence-corrected chi connectivity index (χ2v) is 22.1. The molecule has 2 fully saturated rings. The lowest BCUT2D eigenvalue weighted by Crippen LogP contribution is -2.41. The molecule has 2 heterocycles. The lowest BCUT2D eigenvalue weighted by molar-refractivity contribution is 0.607. The number of aliphatic imine (C=N–C) groups is 2. The summed E-state index contributed by atoms with van der Waals surface area (Å²) >= 11 is 0. The van der Waals surface area contributed by atoms with Crippen LogP contribution in [-0.4, -0.2) is 32.0 Å². The third kappa shape index (κ3) is 7.14. The molecule has 0 N–H and O–H groups in total. The smallest absolute Gasteiger partial charge is 0.0629 e. The molecule has 2 aliphatic heterocycles. The van der Waals surface area contributed by atoms with E-state index in [-0.39, 0.29) is 36.5 Å². The van der Waals surface area contributed by atoms with Gasteiger partial charge in [0.05, 0.1) is 11.4 Å². The Morgan fingerprint density at radius 1 is 0.452 bits per heavy atom. The summed E-state index contributed by atoms with van der Waals surface area (Å²) in [4.78, 5) is 10.3. The van der Waals surface area contributed by atoms with Crippen molar-refractivity contribution in [3.63, 3.8) is 0 Å². The third-order valence-corrected chi connectivity index (χ3v) is 17.1. The molecule has 222 valence electrons. The van der Waals surface area contributed by atoms with Crippen molar-refractivity contribution in [2.75, 3.05) is 0 Å². The van der Waals surface area contributed by atoms with Crippen molar-refractivity contribution in [2.45, 2.75) is 114 Å². The van der Waals surface area contributed by atoms with E-state index in [1.165, 1.54) is 23.7 Å². The van der Waals surface area contributed by atoms with Crippen LogP contribution in [0.2, 0.25) is 0 Å². The van der Waals surface area contributed by atoms with Crippen molar-refractivity contribution in [1.82, 2.24) is 0 Å². The quantitative estimate of drug-likeness (QED) is 0.253. The Labute approximate surface area is 258 Å². The average molecular weight is 597 g/mol. The van der Waals surface area contributed by atoms with E-state index in [0.717, 1.165) is 37.1 Å². The molecule has 0 bridgehead atoms. The number of hydrogen-bond acceptors (Lipinski definition) is 2. The minimum atomic E-state index is -0.251. The predicted octanol–water partition coefficient (Wildman–Crippen LogP) is 11.9. The monoisotopic (exact) mass is 596 g/mol. The number of benzene rings is 3. The zero-order valence-corrected chi connectivity index (χ0v) is 28.9. The first kappa shape index (κ1) is 31.3. The molecule has 3 aromatic carbocycles. The molecule has 4 heteroatoms. The second-order valence-electron chi connectivity index (χ2n) is 14.9. The third-order valence-electron chi connectivity index (χ3n) is 9.33. The van der Waals surface area contributed by atoms with Crippen LogP contribution in [0.25, 0.3) is 0 Å². The van der Waals surface area contributed by atoms with Gasteiger partial charge >= 0.3 is 0 Å². The van der Waals surface area contributed by atoms with Gasteiger partial charge in [0.25, 0.3) is 0 Å². The fourth-order valence-electron chi connectivity index (χ4n) is 7.73. The first-order valence-electron chi connectivity index (χ1n) is 15.6. The van der Waals surface area contributed by atoms with E-state index in [9.17, 15) is 0 Å². The minimum absolute atomic E-state index is 0.245. The molecule has 2 saturated heterocycles. The van der Waals surface area contributed by atoms with E-state index in [2.05, 4.69) is 140 Å². The van der Waals surface area contributed by atoms with Crippen LogP contribution in [0.15, 0.2) is 94.9 Å². The van der Waals surface area contributed by atoms with Crippen LogP contribution in [-0.2, 0) is 12.3 Å². The Morgan fingerprint density at radius 3 is 1.05 bits per heavy atom. The summed E-state index contributed by atoms with van der Waals surface area (Å²) in [6, 6.07) is 30.5. The zero-order valence-electron chi connectivity index (χ0n) is 27.1. The van der Waals surface area contributed by atoms with Crippen LogP contribution >= 0.6 is 15.8 Å². The normalized spacial score (nSPS) is 24.2. The Balaban J connectivity index is 1.38. The number of hydrogen-bond donors (Lipinski definition) is 0. The van der Waals surface area contributed by atoms with Crippen molar-refractivity contribution in [1.29, 1.82) is 0 Å². The molecule has 0 saturated carbocycles. The van der Waals surface area contributed by atoms with Crippen LogP contribution in [0, 0.1) is 0 Å². The lowest BCUT2D eigenvalue weighted by Gasteiger charge is -2.51. The fourth-order valence-corrected chi connectivity index (χ4v) is 15.5. The second kappa shape index (κ2) is 12.1. The standard InChI is InChI=1S/C38H50N2P2/c1-35(2)23-33(39-31-19-11-9-12-20-31)24-36(3,4)41(35)27-29-17-15-16-18-30(29)28-42-37(5,6)25-34(26-38(42,7)8)40-32-21-13-10-14-22-32/h9-22H,23-28H2,1-8H3. The van der Waals surface area contributed by atoms with E-state index in [4.69, 9.17) is 9.98 Å². The van der Waals surface area contributed by atoms with Gasteiger partial charge in [0.2, 0.25) is 0 Å². The Morgan fingerprint density at radius 2 is 0.738 bits per heavy atom. The van der Waals surface area contributed by atoms with Gasteiger partial charge in [-0.25, -0.2) is 0 Å².